The lowest BCUT2D eigenvalue weighted by Gasteiger charge is -2.32. The molecular formula is C17H30N2. The number of benzene rings is 1. The largest absolute Gasteiger partial charge is 0.398 e. The Labute approximate surface area is 118 Å². The molecule has 0 bridgehead atoms. The van der Waals surface area contributed by atoms with Gasteiger partial charge in [-0.3, -0.25) is 0 Å². The van der Waals surface area contributed by atoms with Crippen molar-refractivity contribution in [3.05, 3.63) is 22.8 Å². The van der Waals surface area contributed by atoms with Crippen molar-refractivity contribution in [1.29, 1.82) is 0 Å². The quantitative estimate of drug-likeness (QED) is 0.783. The van der Waals surface area contributed by atoms with Gasteiger partial charge in [-0.05, 0) is 47.3 Å². The van der Waals surface area contributed by atoms with Crippen LogP contribution in [0.1, 0.15) is 71.1 Å². The Bertz CT molecular complexity index is 430. The lowest BCUT2D eigenvalue weighted by molar-refractivity contribution is 0.491. The monoisotopic (exact) mass is 262 g/mol. The minimum absolute atomic E-state index is 0.0844. The van der Waals surface area contributed by atoms with E-state index in [0.29, 0.717) is 0 Å². The molecule has 0 saturated carbocycles. The second-order valence-corrected chi connectivity index (χ2v) is 6.90. The number of hydrogen-bond acceptors (Lipinski definition) is 2. The van der Waals surface area contributed by atoms with E-state index in [4.69, 9.17) is 11.5 Å². The van der Waals surface area contributed by atoms with Crippen LogP contribution in [0.5, 0.6) is 0 Å². The maximum atomic E-state index is 6.32. The van der Waals surface area contributed by atoms with E-state index >= 15 is 0 Å². The number of nitrogen functional groups attached to an aromatic ring is 2. The molecule has 1 aromatic rings. The highest BCUT2D eigenvalue weighted by molar-refractivity contribution is 5.71. The summed E-state index contributed by atoms with van der Waals surface area (Å²) in [4.78, 5) is 0. The average Bonchev–Trinajstić information content (AvgIpc) is 2.35. The molecule has 0 amide bonds. The van der Waals surface area contributed by atoms with Crippen molar-refractivity contribution in [2.75, 3.05) is 11.5 Å². The third kappa shape index (κ3) is 2.72. The third-order valence-electron chi connectivity index (χ3n) is 4.90. The summed E-state index contributed by atoms with van der Waals surface area (Å²) in [5.41, 5.74) is 18.0. The first-order valence-corrected chi connectivity index (χ1v) is 7.28. The second kappa shape index (κ2) is 5.07. The third-order valence-corrected chi connectivity index (χ3v) is 4.90. The van der Waals surface area contributed by atoms with Crippen LogP contribution in [0.2, 0.25) is 0 Å². The van der Waals surface area contributed by atoms with Crippen LogP contribution >= 0.6 is 0 Å². The number of nitrogens with two attached hydrogens (primary N) is 2. The summed E-state index contributed by atoms with van der Waals surface area (Å²) < 4.78 is 0. The van der Waals surface area contributed by atoms with Crippen LogP contribution in [-0.4, -0.2) is 0 Å². The molecule has 2 heteroatoms. The van der Waals surface area contributed by atoms with Crippen LogP contribution in [0.3, 0.4) is 0 Å². The van der Waals surface area contributed by atoms with E-state index in [9.17, 15) is 0 Å². The Hall–Kier alpha value is -1.18. The lowest BCUT2D eigenvalue weighted by Crippen LogP contribution is -2.24. The molecule has 108 valence electrons. The zero-order chi connectivity index (χ0) is 15.0. The van der Waals surface area contributed by atoms with Crippen molar-refractivity contribution in [2.24, 2.45) is 0 Å². The van der Waals surface area contributed by atoms with Gasteiger partial charge in [0, 0.05) is 11.4 Å². The summed E-state index contributed by atoms with van der Waals surface area (Å²) in [6, 6.07) is 2.24. The molecule has 4 N–H and O–H groups in total. The van der Waals surface area contributed by atoms with Crippen molar-refractivity contribution in [2.45, 2.75) is 72.1 Å². The van der Waals surface area contributed by atoms with E-state index in [2.05, 4.69) is 47.6 Å². The molecule has 0 aliphatic heterocycles. The molecule has 0 saturated heterocycles. The number of anilines is 2. The van der Waals surface area contributed by atoms with Crippen LogP contribution in [0.15, 0.2) is 6.07 Å². The molecule has 0 atom stereocenters. The van der Waals surface area contributed by atoms with Crippen molar-refractivity contribution >= 4 is 11.4 Å². The minimum Gasteiger partial charge on any atom is -0.398 e. The Morgan fingerprint density at radius 2 is 1.16 bits per heavy atom. The zero-order valence-corrected chi connectivity index (χ0v) is 13.6. The molecule has 2 nitrogen and oxygen atoms in total. The van der Waals surface area contributed by atoms with E-state index in [1.54, 1.807) is 0 Å². The van der Waals surface area contributed by atoms with Gasteiger partial charge in [0.2, 0.25) is 0 Å². The predicted molar refractivity (Wildman–Crippen MR) is 86.6 cm³/mol. The fourth-order valence-corrected chi connectivity index (χ4v) is 2.35. The summed E-state index contributed by atoms with van der Waals surface area (Å²) in [5, 5.41) is 0. The topological polar surface area (TPSA) is 52.0 Å². The summed E-state index contributed by atoms with van der Waals surface area (Å²) >= 11 is 0. The van der Waals surface area contributed by atoms with Gasteiger partial charge in [-0.1, -0.05) is 47.6 Å². The Morgan fingerprint density at radius 1 is 0.842 bits per heavy atom. The van der Waals surface area contributed by atoms with Gasteiger partial charge in [0.05, 0.1) is 0 Å². The Kier molecular flexibility index (Phi) is 4.23. The van der Waals surface area contributed by atoms with Gasteiger partial charge in [-0.2, -0.15) is 0 Å². The first-order valence-electron chi connectivity index (χ1n) is 7.28. The fourth-order valence-electron chi connectivity index (χ4n) is 2.35. The van der Waals surface area contributed by atoms with E-state index in [-0.39, 0.29) is 10.8 Å². The van der Waals surface area contributed by atoms with Crippen LogP contribution in [0.25, 0.3) is 0 Å². The van der Waals surface area contributed by atoms with Crippen molar-refractivity contribution in [3.8, 4) is 0 Å². The smallest absolute Gasteiger partial charge is 0.0402 e. The van der Waals surface area contributed by atoms with Gasteiger partial charge in [0.1, 0.15) is 0 Å². The van der Waals surface area contributed by atoms with Gasteiger partial charge in [0.25, 0.3) is 0 Å². The summed E-state index contributed by atoms with van der Waals surface area (Å²) in [5.74, 6) is 0. The molecule has 0 aliphatic carbocycles. The van der Waals surface area contributed by atoms with Crippen LogP contribution in [-0.2, 0) is 10.8 Å². The predicted octanol–water partition coefficient (Wildman–Crippen LogP) is 4.53. The van der Waals surface area contributed by atoms with E-state index < -0.39 is 0 Å². The second-order valence-electron chi connectivity index (χ2n) is 6.90. The number of rotatable bonds is 4. The highest BCUT2D eigenvalue weighted by atomic mass is 14.7. The highest BCUT2D eigenvalue weighted by Gasteiger charge is 2.28. The van der Waals surface area contributed by atoms with E-state index in [0.717, 1.165) is 29.8 Å². The van der Waals surface area contributed by atoms with E-state index in [1.807, 2.05) is 6.92 Å². The van der Waals surface area contributed by atoms with Gasteiger partial charge >= 0.3 is 0 Å². The van der Waals surface area contributed by atoms with Crippen LogP contribution < -0.4 is 11.5 Å². The lowest BCUT2D eigenvalue weighted by atomic mass is 9.74. The molecule has 0 radical (unpaired) electrons. The summed E-state index contributed by atoms with van der Waals surface area (Å²) in [6.45, 7) is 15.4. The molecule has 1 aromatic carbocycles. The molecule has 0 aliphatic rings. The maximum Gasteiger partial charge on any atom is 0.0402 e. The molecule has 19 heavy (non-hydrogen) atoms. The van der Waals surface area contributed by atoms with Gasteiger partial charge in [-0.15, -0.1) is 0 Å². The molecular weight excluding hydrogens is 232 g/mol. The SMILES string of the molecule is CCC(C)(C)c1cc(C(C)(C)CC)c(N)c(C)c1N. The van der Waals surface area contributed by atoms with Gasteiger partial charge in [0.15, 0.2) is 0 Å². The molecule has 1 rings (SSSR count). The average molecular weight is 262 g/mol. The van der Waals surface area contributed by atoms with Crippen LogP contribution in [0, 0.1) is 6.92 Å². The molecule has 0 aromatic heterocycles. The number of hydrogen-bond donors (Lipinski definition) is 2. The Balaban J connectivity index is 3.62. The zero-order valence-electron chi connectivity index (χ0n) is 13.6. The minimum atomic E-state index is 0.0844. The highest BCUT2D eigenvalue weighted by Crippen LogP contribution is 2.41. The van der Waals surface area contributed by atoms with Crippen LogP contribution in [0.4, 0.5) is 11.4 Å². The maximum absolute atomic E-state index is 6.32. The molecule has 0 heterocycles. The summed E-state index contributed by atoms with van der Waals surface area (Å²) in [6.07, 6.45) is 2.12. The van der Waals surface area contributed by atoms with Crippen molar-refractivity contribution in [1.82, 2.24) is 0 Å². The normalized spacial score (nSPS) is 12.8. The van der Waals surface area contributed by atoms with E-state index in [1.165, 1.54) is 11.1 Å². The first-order chi connectivity index (χ1) is 8.58. The van der Waals surface area contributed by atoms with Crippen molar-refractivity contribution < 1.29 is 0 Å². The van der Waals surface area contributed by atoms with Gasteiger partial charge < -0.3 is 11.5 Å². The van der Waals surface area contributed by atoms with Crippen molar-refractivity contribution in [3.63, 3.8) is 0 Å². The standard InChI is InChI=1S/C17H30N2/c1-8-16(4,5)12-10-13(17(6,7)9-2)15(19)11(3)14(12)18/h10H,8-9,18-19H2,1-7H3. The first kappa shape index (κ1) is 15.9. The van der Waals surface area contributed by atoms with Gasteiger partial charge in [-0.25, -0.2) is 0 Å². The molecule has 0 unspecified atom stereocenters. The fraction of sp³-hybridized carbons (Fsp3) is 0.647. The Morgan fingerprint density at radius 3 is 1.42 bits per heavy atom. The molecule has 0 fully saturated rings. The summed E-state index contributed by atoms with van der Waals surface area (Å²) in [7, 11) is 0. The molecule has 0 spiro atoms.